The normalized spacial score (nSPS) is 22.2. The van der Waals surface area contributed by atoms with E-state index in [0.29, 0.717) is 25.9 Å². The molecule has 9 heteroatoms. The number of aromatic nitrogens is 1. The molecule has 4 heterocycles. The maximum absolute atomic E-state index is 14.2. The monoisotopic (exact) mass is 528 g/mol. The zero-order valence-corrected chi connectivity index (χ0v) is 22.1. The van der Waals surface area contributed by atoms with E-state index in [4.69, 9.17) is 5.73 Å². The van der Waals surface area contributed by atoms with Crippen LogP contribution in [0.3, 0.4) is 0 Å². The summed E-state index contributed by atoms with van der Waals surface area (Å²) in [7, 11) is 0. The van der Waals surface area contributed by atoms with Crippen molar-refractivity contribution in [2.24, 2.45) is 11.7 Å². The third-order valence-electron chi connectivity index (χ3n) is 8.74. The fraction of sp³-hybridized carbons (Fsp3) is 0.433. The lowest BCUT2D eigenvalue weighted by molar-refractivity contribution is -0.139. The lowest BCUT2D eigenvalue weighted by atomic mass is 9.84. The van der Waals surface area contributed by atoms with Crippen LogP contribution in [-0.4, -0.2) is 65.5 Å². The molecule has 9 nitrogen and oxygen atoms in total. The number of piperidine rings is 2. The molecular formula is C30H36N6O3. The molecule has 1 unspecified atom stereocenters. The van der Waals surface area contributed by atoms with Crippen molar-refractivity contribution < 1.29 is 14.4 Å². The van der Waals surface area contributed by atoms with E-state index in [1.807, 2.05) is 59.6 Å². The molecular weight excluding hydrogens is 492 g/mol. The van der Waals surface area contributed by atoms with Gasteiger partial charge in [0, 0.05) is 48.2 Å². The molecule has 2 fully saturated rings. The van der Waals surface area contributed by atoms with Crippen molar-refractivity contribution >= 4 is 34.4 Å². The highest BCUT2D eigenvalue weighted by Gasteiger charge is 2.50. The van der Waals surface area contributed by atoms with E-state index in [2.05, 4.69) is 15.6 Å². The number of nitrogens with two attached hydrogens (primary N) is 1. The van der Waals surface area contributed by atoms with Crippen molar-refractivity contribution in [2.45, 2.75) is 50.1 Å². The van der Waals surface area contributed by atoms with E-state index in [9.17, 15) is 14.4 Å². The summed E-state index contributed by atoms with van der Waals surface area (Å²) >= 11 is 0. The summed E-state index contributed by atoms with van der Waals surface area (Å²) < 4.78 is 0. The Bertz CT molecular complexity index is 1400. The number of hydrogen-bond acceptors (Lipinski definition) is 4. The molecule has 2 atom stereocenters. The van der Waals surface area contributed by atoms with Crippen molar-refractivity contribution in [3.05, 3.63) is 65.9 Å². The number of nitrogens with zero attached hydrogens (tertiary/aromatic N) is 2. The first-order chi connectivity index (χ1) is 18.9. The Labute approximate surface area is 228 Å². The van der Waals surface area contributed by atoms with Gasteiger partial charge in [0.2, 0.25) is 11.8 Å². The van der Waals surface area contributed by atoms with Crippen molar-refractivity contribution in [1.29, 1.82) is 0 Å². The van der Waals surface area contributed by atoms with Crippen LogP contribution in [0.2, 0.25) is 0 Å². The second-order valence-electron chi connectivity index (χ2n) is 11.2. The number of aromatic amines is 1. The molecule has 0 aliphatic carbocycles. The quantitative estimate of drug-likeness (QED) is 0.407. The van der Waals surface area contributed by atoms with E-state index >= 15 is 0 Å². The van der Waals surface area contributed by atoms with Crippen LogP contribution < -0.4 is 21.3 Å². The first kappa shape index (κ1) is 25.4. The van der Waals surface area contributed by atoms with Crippen LogP contribution in [0.4, 0.5) is 10.5 Å². The van der Waals surface area contributed by atoms with Crippen molar-refractivity contribution in [1.82, 2.24) is 20.5 Å². The number of hydrogen-bond donors (Lipinski definition) is 4. The van der Waals surface area contributed by atoms with Crippen LogP contribution in [0.15, 0.2) is 54.7 Å². The first-order valence-electron chi connectivity index (χ1n) is 14.0. The van der Waals surface area contributed by atoms with Gasteiger partial charge in [0.25, 0.3) is 0 Å². The van der Waals surface area contributed by atoms with Crippen molar-refractivity contribution in [3.8, 4) is 0 Å². The van der Waals surface area contributed by atoms with Crippen LogP contribution >= 0.6 is 0 Å². The number of urea groups is 1. The van der Waals surface area contributed by atoms with Gasteiger partial charge < -0.3 is 26.3 Å². The number of H-pyrrole nitrogens is 1. The van der Waals surface area contributed by atoms with Crippen LogP contribution in [0.25, 0.3) is 10.9 Å². The maximum atomic E-state index is 14.2. The molecule has 3 aliphatic rings. The van der Waals surface area contributed by atoms with Gasteiger partial charge in [-0.25, -0.2) is 4.79 Å². The Morgan fingerprint density at radius 3 is 2.67 bits per heavy atom. The molecule has 5 N–H and O–H groups in total. The number of fused-ring (bicyclic) bond motifs is 2. The van der Waals surface area contributed by atoms with E-state index in [1.165, 1.54) is 0 Å². The Hall–Kier alpha value is -3.85. The first-order valence-corrected chi connectivity index (χ1v) is 14.0. The predicted octanol–water partition coefficient (Wildman–Crippen LogP) is 2.70. The molecule has 3 aromatic rings. The minimum absolute atomic E-state index is 0.0616. The largest absolute Gasteiger partial charge is 0.361 e. The van der Waals surface area contributed by atoms with Gasteiger partial charge in [-0.1, -0.05) is 36.4 Å². The molecule has 39 heavy (non-hydrogen) atoms. The maximum Gasteiger partial charge on any atom is 0.319 e. The second kappa shape index (κ2) is 10.4. The average molecular weight is 529 g/mol. The third-order valence-corrected chi connectivity index (χ3v) is 8.74. The SMILES string of the molecule is NC(=O)N1c2ccccc2CC12CCCN(C(=O)[C@@H](Cc1c[nH]c3ccccc13)NC(=O)C1CCNCC1)C2. The van der Waals surface area contributed by atoms with Crippen LogP contribution in [0.1, 0.15) is 36.8 Å². The van der Waals surface area contributed by atoms with Crippen LogP contribution in [0.5, 0.6) is 0 Å². The summed E-state index contributed by atoms with van der Waals surface area (Å²) in [6.07, 6.45) is 6.03. The summed E-state index contributed by atoms with van der Waals surface area (Å²) in [5.74, 6) is -0.276. The topological polar surface area (TPSA) is 124 Å². The third kappa shape index (κ3) is 4.76. The minimum atomic E-state index is -0.701. The van der Waals surface area contributed by atoms with Gasteiger partial charge in [-0.2, -0.15) is 0 Å². The van der Waals surface area contributed by atoms with Gasteiger partial charge in [-0.3, -0.25) is 14.5 Å². The number of nitrogens with one attached hydrogen (secondary N) is 3. The lowest BCUT2D eigenvalue weighted by Gasteiger charge is -2.46. The highest BCUT2D eigenvalue weighted by molar-refractivity contribution is 5.96. The van der Waals surface area contributed by atoms with E-state index in [0.717, 1.165) is 66.5 Å². The van der Waals surface area contributed by atoms with Crippen LogP contribution in [0, 0.1) is 5.92 Å². The number of benzene rings is 2. The molecule has 1 spiro atoms. The average Bonchev–Trinajstić information content (AvgIpc) is 3.50. The molecule has 204 valence electrons. The number of rotatable bonds is 5. The number of para-hydroxylation sites is 2. The summed E-state index contributed by atoms with van der Waals surface area (Å²) in [5, 5.41) is 7.49. The zero-order chi connectivity index (χ0) is 27.0. The molecule has 6 rings (SSSR count). The number of carbonyl (C=O) groups excluding carboxylic acids is 3. The number of anilines is 1. The Morgan fingerprint density at radius 1 is 1.08 bits per heavy atom. The number of amides is 4. The summed E-state index contributed by atoms with van der Waals surface area (Å²) in [5.41, 5.74) is 9.23. The fourth-order valence-electron chi connectivity index (χ4n) is 6.86. The number of primary amides is 1. The Balaban J connectivity index is 1.28. The summed E-state index contributed by atoms with van der Waals surface area (Å²) in [6, 6.07) is 14.6. The Morgan fingerprint density at radius 2 is 1.85 bits per heavy atom. The number of carbonyl (C=O) groups is 3. The predicted molar refractivity (Wildman–Crippen MR) is 150 cm³/mol. The van der Waals surface area contributed by atoms with Gasteiger partial charge in [0.1, 0.15) is 6.04 Å². The van der Waals surface area contributed by atoms with Gasteiger partial charge >= 0.3 is 6.03 Å². The molecule has 3 aliphatic heterocycles. The van der Waals surface area contributed by atoms with E-state index in [1.54, 1.807) is 4.90 Å². The lowest BCUT2D eigenvalue weighted by Crippen LogP contribution is -2.63. The van der Waals surface area contributed by atoms with E-state index < -0.39 is 17.6 Å². The molecule has 0 radical (unpaired) electrons. The number of likely N-dealkylation sites (tertiary alicyclic amines) is 1. The molecule has 4 amide bonds. The van der Waals surface area contributed by atoms with Gasteiger partial charge in [-0.15, -0.1) is 0 Å². The van der Waals surface area contributed by atoms with Crippen molar-refractivity contribution in [3.63, 3.8) is 0 Å². The van der Waals surface area contributed by atoms with Crippen molar-refractivity contribution in [2.75, 3.05) is 31.1 Å². The standard InChI is InChI=1S/C30H36N6O3/c31-29(39)36-26-9-4-1-6-21(26)17-30(36)12-5-15-35(19-30)28(38)25(34-27(37)20-10-13-32-14-11-20)16-22-18-33-24-8-3-2-7-23(22)24/h1-4,6-9,18,20,25,32-33H,5,10-17,19H2,(H2,31,39)(H,34,37)/t25-,30?/m1/s1. The Kier molecular flexibility index (Phi) is 6.76. The van der Waals surface area contributed by atoms with Gasteiger partial charge in [-0.05, 0) is 68.5 Å². The minimum Gasteiger partial charge on any atom is -0.361 e. The smallest absolute Gasteiger partial charge is 0.319 e. The molecule has 1 aromatic heterocycles. The summed E-state index contributed by atoms with van der Waals surface area (Å²) in [6.45, 7) is 2.57. The van der Waals surface area contributed by atoms with Gasteiger partial charge in [0.05, 0.1) is 5.54 Å². The van der Waals surface area contributed by atoms with E-state index in [-0.39, 0.29) is 17.7 Å². The highest BCUT2D eigenvalue weighted by Crippen LogP contribution is 2.43. The van der Waals surface area contributed by atoms with Gasteiger partial charge in [0.15, 0.2) is 0 Å². The van der Waals surface area contributed by atoms with Crippen LogP contribution in [-0.2, 0) is 22.4 Å². The summed E-state index contributed by atoms with van der Waals surface area (Å²) in [4.78, 5) is 47.1. The molecule has 2 saturated heterocycles. The molecule has 0 bridgehead atoms. The fourth-order valence-corrected chi connectivity index (χ4v) is 6.86. The highest BCUT2D eigenvalue weighted by atomic mass is 16.2. The molecule has 0 saturated carbocycles. The zero-order valence-electron chi connectivity index (χ0n) is 22.1. The second-order valence-corrected chi connectivity index (χ2v) is 11.2. The molecule has 2 aromatic carbocycles.